The Hall–Kier alpha value is -1.93. The number of ether oxygens (including phenoxy) is 2. The monoisotopic (exact) mass is 323 g/mol. The molecule has 22 heavy (non-hydrogen) atoms. The molecule has 7 nitrogen and oxygen atoms in total. The molecule has 0 spiro atoms. The standard InChI is InChI=1S/C14H21N3O4Si/c1-20-14(19)12-11-9(8-21-5-6-22(2,3)4)10(18)7-15-13(11)17-16-12/h7,18H,5-6,8H2,1-4H3,(H,15,16,17). The Morgan fingerprint density at radius 2 is 2.14 bits per heavy atom. The summed E-state index contributed by atoms with van der Waals surface area (Å²) in [6.07, 6.45) is 1.31. The minimum absolute atomic E-state index is 0.0212. The number of hydrogen-bond acceptors (Lipinski definition) is 6. The third-order valence-electron chi connectivity index (χ3n) is 3.30. The number of fused-ring (bicyclic) bond motifs is 1. The zero-order valence-electron chi connectivity index (χ0n) is 13.3. The number of nitrogens with one attached hydrogen (secondary N) is 1. The molecule has 0 amide bonds. The highest BCUT2D eigenvalue weighted by atomic mass is 28.3. The molecule has 8 heteroatoms. The van der Waals surface area contributed by atoms with Crippen molar-refractivity contribution >= 4 is 25.1 Å². The maximum absolute atomic E-state index is 11.8. The van der Waals surface area contributed by atoms with Crippen LogP contribution in [0.5, 0.6) is 5.75 Å². The number of rotatable bonds is 6. The fourth-order valence-electron chi connectivity index (χ4n) is 1.99. The van der Waals surface area contributed by atoms with Crippen LogP contribution >= 0.6 is 0 Å². The summed E-state index contributed by atoms with van der Waals surface area (Å²) in [4.78, 5) is 15.8. The molecule has 0 bridgehead atoms. The van der Waals surface area contributed by atoms with Crippen LogP contribution in [-0.2, 0) is 16.1 Å². The summed E-state index contributed by atoms with van der Waals surface area (Å²) in [5.41, 5.74) is 1.02. The third kappa shape index (κ3) is 3.63. The van der Waals surface area contributed by atoms with Crippen LogP contribution in [0.3, 0.4) is 0 Å². The Labute approximate surface area is 129 Å². The lowest BCUT2D eigenvalue weighted by molar-refractivity contribution is 0.0596. The van der Waals surface area contributed by atoms with Crippen molar-refractivity contribution in [2.75, 3.05) is 13.7 Å². The van der Waals surface area contributed by atoms with Crippen molar-refractivity contribution in [2.24, 2.45) is 0 Å². The van der Waals surface area contributed by atoms with Gasteiger partial charge in [0.1, 0.15) is 5.75 Å². The van der Waals surface area contributed by atoms with E-state index in [0.717, 1.165) is 6.04 Å². The van der Waals surface area contributed by atoms with Crippen molar-refractivity contribution in [3.63, 3.8) is 0 Å². The molecule has 0 saturated carbocycles. The quantitative estimate of drug-likeness (QED) is 0.481. The highest BCUT2D eigenvalue weighted by molar-refractivity contribution is 6.76. The molecule has 2 aromatic heterocycles. The number of aromatic nitrogens is 3. The summed E-state index contributed by atoms with van der Waals surface area (Å²) < 4.78 is 10.4. The fraction of sp³-hybridized carbons (Fsp3) is 0.500. The van der Waals surface area contributed by atoms with Gasteiger partial charge in [0.15, 0.2) is 11.3 Å². The zero-order valence-corrected chi connectivity index (χ0v) is 14.3. The van der Waals surface area contributed by atoms with Gasteiger partial charge in [-0.3, -0.25) is 5.10 Å². The van der Waals surface area contributed by atoms with Crippen molar-refractivity contribution in [1.82, 2.24) is 15.2 Å². The molecule has 0 aliphatic carbocycles. The lowest BCUT2D eigenvalue weighted by atomic mass is 10.1. The Kier molecular flexibility index (Phi) is 4.82. The van der Waals surface area contributed by atoms with E-state index in [1.54, 1.807) is 0 Å². The summed E-state index contributed by atoms with van der Waals surface area (Å²) in [5, 5.41) is 17.0. The molecule has 0 atom stereocenters. The summed E-state index contributed by atoms with van der Waals surface area (Å²) >= 11 is 0. The normalized spacial score (nSPS) is 11.8. The molecule has 2 N–H and O–H groups in total. The highest BCUT2D eigenvalue weighted by Gasteiger charge is 2.21. The van der Waals surface area contributed by atoms with E-state index in [1.165, 1.54) is 13.3 Å². The van der Waals surface area contributed by atoms with Crippen LogP contribution in [0.2, 0.25) is 25.7 Å². The second-order valence-corrected chi connectivity index (χ2v) is 11.9. The Balaban J connectivity index is 2.26. The Bertz CT molecular complexity index is 679. The van der Waals surface area contributed by atoms with Crippen molar-refractivity contribution in [1.29, 1.82) is 0 Å². The predicted octanol–water partition coefficient (Wildman–Crippen LogP) is 2.30. The van der Waals surface area contributed by atoms with Crippen LogP contribution in [0.4, 0.5) is 0 Å². The van der Waals surface area contributed by atoms with Gasteiger partial charge in [-0.25, -0.2) is 9.78 Å². The topological polar surface area (TPSA) is 97.3 Å². The molecule has 0 aliphatic rings. The van der Waals surface area contributed by atoms with Crippen LogP contribution in [-0.4, -0.2) is 48.0 Å². The number of pyridine rings is 1. The lowest BCUT2D eigenvalue weighted by Gasteiger charge is -2.15. The summed E-state index contributed by atoms with van der Waals surface area (Å²) in [6.45, 7) is 7.61. The van der Waals surface area contributed by atoms with E-state index in [1.807, 2.05) is 0 Å². The zero-order chi connectivity index (χ0) is 16.3. The van der Waals surface area contributed by atoms with Gasteiger partial charge in [-0.15, -0.1) is 0 Å². The average molecular weight is 323 g/mol. The molecule has 0 aliphatic heterocycles. The average Bonchev–Trinajstić information content (AvgIpc) is 2.87. The van der Waals surface area contributed by atoms with Gasteiger partial charge in [-0.1, -0.05) is 19.6 Å². The number of aromatic hydroxyl groups is 1. The number of H-pyrrole nitrogens is 1. The molecule has 0 aromatic carbocycles. The van der Waals surface area contributed by atoms with Gasteiger partial charge in [0.05, 0.1) is 25.3 Å². The lowest BCUT2D eigenvalue weighted by Crippen LogP contribution is -2.21. The van der Waals surface area contributed by atoms with Gasteiger partial charge in [-0.05, 0) is 6.04 Å². The molecule has 0 unspecified atom stereocenters. The first-order valence-corrected chi connectivity index (χ1v) is 10.7. The first-order chi connectivity index (χ1) is 10.3. The predicted molar refractivity (Wildman–Crippen MR) is 84.7 cm³/mol. The molecule has 120 valence electrons. The van der Waals surface area contributed by atoms with Crippen molar-refractivity contribution in [3.05, 3.63) is 17.5 Å². The van der Waals surface area contributed by atoms with Gasteiger partial charge in [0.2, 0.25) is 0 Å². The fourth-order valence-corrected chi connectivity index (χ4v) is 2.75. The van der Waals surface area contributed by atoms with E-state index in [4.69, 9.17) is 9.47 Å². The van der Waals surface area contributed by atoms with Crippen LogP contribution in [0.1, 0.15) is 16.1 Å². The molecular weight excluding hydrogens is 302 g/mol. The number of carbonyl (C=O) groups is 1. The maximum atomic E-state index is 11.8. The minimum Gasteiger partial charge on any atom is -0.506 e. The van der Waals surface area contributed by atoms with Gasteiger partial charge in [-0.2, -0.15) is 5.10 Å². The second-order valence-electron chi connectivity index (χ2n) is 6.27. The minimum atomic E-state index is -1.18. The summed E-state index contributed by atoms with van der Waals surface area (Å²) in [5.74, 6) is -0.578. The van der Waals surface area contributed by atoms with E-state index in [0.29, 0.717) is 23.2 Å². The molecular formula is C14H21N3O4Si. The Morgan fingerprint density at radius 3 is 2.77 bits per heavy atom. The van der Waals surface area contributed by atoms with Crippen molar-refractivity contribution in [2.45, 2.75) is 32.3 Å². The molecule has 2 aromatic rings. The number of carbonyl (C=O) groups excluding carboxylic acids is 1. The molecule has 2 heterocycles. The van der Waals surface area contributed by atoms with Crippen LogP contribution in [0, 0.1) is 0 Å². The van der Waals surface area contributed by atoms with E-state index in [2.05, 4.69) is 34.8 Å². The number of hydrogen-bond donors (Lipinski definition) is 2. The summed E-state index contributed by atoms with van der Waals surface area (Å²) in [7, 11) is 0.110. The molecule has 0 fully saturated rings. The number of aromatic amines is 1. The number of methoxy groups -OCH3 is 1. The number of nitrogens with zero attached hydrogens (tertiary/aromatic N) is 2. The second kappa shape index (κ2) is 6.45. The van der Waals surface area contributed by atoms with Crippen LogP contribution in [0.15, 0.2) is 6.20 Å². The molecule has 0 radical (unpaired) electrons. The maximum Gasteiger partial charge on any atom is 0.356 e. The van der Waals surface area contributed by atoms with Crippen molar-refractivity contribution < 1.29 is 19.4 Å². The smallest absolute Gasteiger partial charge is 0.356 e. The van der Waals surface area contributed by atoms with Crippen LogP contribution in [0.25, 0.3) is 11.0 Å². The van der Waals surface area contributed by atoms with Gasteiger partial charge in [0, 0.05) is 20.2 Å². The van der Waals surface area contributed by atoms with E-state index < -0.39 is 14.0 Å². The third-order valence-corrected chi connectivity index (χ3v) is 5.00. The SMILES string of the molecule is COC(=O)c1[nH]nc2ncc(O)c(COCC[Si](C)(C)C)c12. The molecule has 2 rings (SSSR count). The van der Waals surface area contributed by atoms with E-state index >= 15 is 0 Å². The first kappa shape index (κ1) is 16.4. The van der Waals surface area contributed by atoms with Gasteiger partial charge in [0.25, 0.3) is 0 Å². The molecule has 0 saturated heterocycles. The van der Waals surface area contributed by atoms with Crippen LogP contribution < -0.4 is 0 Å². The Morgan fingerprint density at radius 1 is 1.41 bits per heavy atom. The van der Waals surface area contributed by atoms with E-state index in [9.17, 15) is 9.90 Å². The van der Waals surface area contributed by atoms with E-state index in [-0.39, 0.29) is 18.1 Å². The first-order valence-electron chi connectivity index (χ1n) is 7.04. The largest absolute Gasteiger partial charge is 0.506 e. The van der Waals surface area contributed by atoms with Crippen molar-refractivity contribution in [3.8, 4) is 5.75 Å². The summed E-state index contributed by atoms with van der Waals surface area (Å²) in [6, 6.07) is 1.03. The van der Waals surface area contributed by atoms with Gasteiger partial charge < -0.3 is 14.6 Å². The van der Waals surface area contributed by atoms with Gasteiger partial charge >= 0.3 is 5.97 Å². The highest BCUT2D eigenvalue weighted by Crippen LogP contribution is 2.28. The number of esters is 1.